The quantitative estimate of drug-likeness (QED) is 0.152. The van der Waals surface area contributed by atoms with Crippen LogP contribution in [0, 0.1) is 6.92 Å². The molecule has 1 heterocycles. The molecule has 1 atom stereocenters. The number of carbonyl (C=O) groups excluding carboxylic acids is 2. The molecule has 0 aliphatic carbocycles. The molecule has 41 heavy (non-hydrogen) atoms. The maximum atomic E-state index is 13.7. The van der Waals surface area contributed by atoms with Crippen molar-refractivity contribution in [2.45, 2.75) is 30.9 Å². The first-order chi connectivity index (χ1) is 19.7. The van der Waals surface area contributed by atoms with Crippen LogP contribution in [0.5, 0.6) is 0 Å². The summed E-state index contributed by atoms with van der Waals surface area (Å²) in [5, 5.41) is 12.1. The SMILES string of the molecule is Cc1ccc(S(=O)(=O)N[C@@H](Cc2cccc(/C(N)=N/O)c2)C(=O)N2CCN(C(=O)OCc3ccccc3)CC2)cc1. The molecular weight excluding hydrogens is 546 g/mol. The normalized spacial score (nSPS) is 14.9. The number of sulfonamides is 1. The van der Waals surface area contributed by atoms with Gasteiger partial charge in [0.1, 0.15) is 12.6 Å². The molecule has 0 saturated carbocycles. The van der Waals surface area contributed by atoms with Crippen molar-refractivity contribution in [1.82, 2.24) is 14.5 Å². The van der Waals surface area contributed by atoms with Crippen LogP contribution >= 0.6 is 0 Å². The number of carbonyl (C=O) groups is 2. The van der Waals surface area contributed by atoms with Gasteiger partial charge in [-0.15, -0.1) is 0 Å². The lowest BCUT2D eigenvalue weighted by atomic mass is 10.0. The van der Waals surface area contributed by atoms with E-state index >= 15 is 0 Å². The summed E-state index contributed by atoms with van der Waals surface area (Å²) >= 11 is 0. The molecular formula is C29H33N5O6S. The van der Waals surface area contributed by atoms with Gasteiger partial charge in [-0.25, -0.2) is 13.2 Å². The van der Waals surface area contributed by atoms with Crippen LogP contribution in [-0.4, -0.2) is 73.5 Å². The summed E-state index contributed by atoms with van der Waals surface area (Å²) in [4.78, 5) is 29.4. The Labute approximate surface area is 239 Å². The highest BCUT2D eigenvalue weighted by Gasteiger charge is 2.32. The van der Waals surface area contributed by atoms with Crippen molar-refractivity contribution in [3.8, 4) is 0 Å². The van der Waals surface area contributed by atoms with E-state index in [9.17, 15) is 18.0 Å². The van der Waals surface area contributed by atoms with Crippen molar-refractivity contribution in [3.05, 3.63) is 101 Å². The molecule has 12 heteroatoms. The van der Waals surface area contributed by atoms with Gasteiger partial charge in [0, 0.05) is 31.7 Å². The first kappa shape index (κ1) is 29.6. The number of nitrogens with zero attached hydrogens (tertiary/aromatic N) is 3. The average Bonchev–Trinajstić information content (AvgIpc) is 2.99. The van der Waals surface area contributed by atoms with Crippen molar-refractivity contribution in [3.63, 3.8) is 0 Å². The van der Waals surface area contributed by atoms with Crippen LogP contribution in [0.15, 0.2) is 88.9 Å². The lowest BCUT2D eigenvalue weighted by Gasteiger charge is -2.36. The minimum absolute atomic E-state index is 0.0236. The van der Waals surface area contributed by atoms with E-state index in [-0.39, 0.29) is 49.9 Å². The zero-order valence-corrected chi connectivity index (χ0v) is 23.5. The first-order valence-corrected chi connectivity index (χ1v) is 14.5. The van der Waals surface area contributed by atoms with Crippen LogP contribution < -0.4 is 10.5 Å². The number of oxime groups is 1. The number of hydrogen-bond donors (Lipinski definition) is 3. The number of benzene rings is 3. The third-order valence-corrected chi connectivity index (χ3v) is 8.24. The third-order valence-electron chi connectivity index (χ3n) is 6.75. The van der Waals surface area contributed by atoms with Crippen molar-refractivity contribution < 1.29 is 28.0 Å². The van der Waals surface area contributed by atoms with Gasteiger partial charge in [-0.3, -0.25) is 4.79 Å². The molecule has 3 aromatic rings. The number of nitrogens with two attached hydrogens (primary N) is 1. The first-order valence-electron chi connectivity index (χ1n) is 13.1. The summed E-state index contributed by atoms with van der Waals surface area (Å²) in [6.07, 6.45) is -0.451. The molecule has 3 aromatic carbocycles. The topological polar surface area (TPSA) is 155 Å². The largest absolute Gasteiger partial charge is 0.445 e. The third kappa shape index (κ3) is 7.83. The molecule has 1 aliphatic heterocycles. The predicted octanol–water partition coefficient (Wildman–Crippen LogP) is 2.46. The Hall–Kier alpha value is -4.42. The van der Waals surface area contributed by atoms with E-state index < -0.39 is 28.1 Å². The second-order valence-corrected chi connectivity index (χ2v) is 11.4. The molecule has 216 valence electrons. The van der Waals surface area contributed by atoms with Gasteiger partial charge < -0.3 is 25.5 Å². The Morgan fingerprint density at radius 1 is 0.951 bits per heavy atom. The summed E-state index contributed by atoms with van der Waals surface area (Å²) in [6.45, 7) is 2.91. The van der Waals surface area contributed by atoms with Crippen LogP contribution in [-0.2, 0) is 32.6 Å². The van der Waals surface area contributed by atoms with Gasteiger partial charge in [-0.2, -0.15) is 4.72 Å². The Morgan fingerprint density at radius 3 is 2.24 bits per heavy atom. The number of nitrogens with one attached hydrogen (secondary N) is 1. The molecule has 2 amide bonds. The predicted molar refractivity (Wildman–Crippen MR) is 153 cm³/mol. The van der Waals surface area contributed by atoms with Crippen molar-refractivity contribution in [1.29, 1.82) is 0 Å². The summed E-state index contributed by atoms with van der Waals surface area (Å²) in [5.41, 5.74) is 8.54. The Bertz CT molecular complexity index is 1490. The van der Waals surface area contributed by atoms with Crippen LogP contribution in [0.1, 0.15) is 22.3 Å². The van der Waals surface area contributed by atoms with Crippen LogP contribution in [0.2, 0.25) is 0 Å². The van der Waals surface area contributed by atoms with Crippen LogP contribution in [0.25, 0.3) is 0 Å². The lowest BCUT2D eigenvalue weighted by molar-refractivity contribution is -0.134. The van der Waals surface area contributed by atoms with E-state index in [1.54, 1.807) is 36.4 Å². The Morgan fingerprint density at radius 2 is 1.59 bits per heavy atom. The lowest BCUT2D eigenvalue weighted by Crippen LogP contribution is -2.56. The average molecular weight is 580 g/mol. The van der Waals surface area contributed by atoms with Gasteiger partial charge in [0.05, 0.1) is 4.90 Å². The van der Waals surface area contributed by atoms with Gasteiger partial charge >= 0.3 is 6.09 Å². The van der Waals surface area contributed by atoms with Crippen LogP contribution in [0.3, 0.4) is 0 Å². The number of ether oxygens (including phenoxy) is 1. The molecule has 0 radical (unpaired) electrons. The Kier molecular flexibility index (Phi) is 9.58. The maximum absolute atomic E-state index is 13.7. The van der Waals surface area contributed by atoms with E-state index in [1.165, 1.54) is 21.9 Å². The van der Waals surface area contributed by atoms with Gasteiger partial charge in [-0.1, -0.05) is 71.4 Å². The van der Waals surface area contributed by atoms with Gasteiger partial charge in [0.25, 0.3) is 0 Å². The molecule has 0 bridgehead atoms. The zero-order chi connectivity index (χ0) is 29.4. The van der Waals surface area contributed by atoms with Crippen molar-refractivity contribution in [2.75, 3.05) is 26.2 Å². The second-order valence-electron chi connectivity index (χ2n) is 9.73. The Balaban J connectivity index is 1.47. The molecule has 0 unspecified atom stereocenters. The number of hydrogen-bond acceptors (Lipinski definition) is 7. The molecule has 1 fully saturated rings. The number of piperazine rings is 1. The minimum atomic E-state index is -4.04. The second kappa shape index (κ2) is 13.3. The van der Waals surface area contributed by atoms with Crippen molar-refractivity contribution >= 4 is 27.9 Å². The highest BCUT2D eigenvalue weighted by atomic mass is 32.2. The monoisotopic (exact) mass is 579 g/mol. The molecule has 1 saturated heterocycles. The molecule has 4 rings (SSSR count). The molecule has 4 N–H and O–H groups in total. The van der Waals surface area contributed by atoms with E-state index in [1.807, 2.05) is 37.3 Å². The zero-order valence-electron chi connectivity index (χ0n) is 22.6. The number of amides is 2. The smallest absolute Gasteiger partial charge is 0.410 e. The van der Waals surface area contributed by atoms with E-state index in [0.29, 0.717) is 11.1 Å². The highest BCUT2D eigenvalue weighted by molar-refractivity contribution is 7.89. The fourth-order valence-electron chi connectivity index (χ4n) is 4.44. The number of rotatable bonds is 9. The van der Waals surface area contributed by atoms with Crippen LogP contribution in [0.4, 0.5) is 4.79 Å². The molecule has 0 aromatic heterocycles. The standard InChI is InChI=1S/C29H33N5O6S/c1-21-10-12-25(13-11-21)41(38,39)32-26(19-23-8-5-9-24(18-23)27(30)31-37)28(35)33-14-16-34(17-15-33)29(36)40-20-22-6-3-2-4-7-22/h2-13,18,26,32,37H,14-17,19-20H2,1H3,(H2,30,31)/t26-/m0/s1. The van der Waals surface area contributed by atoms with Gasteiger partial charge in [0.15, 0.2) is 5.84 Å². The van der Waals surface area contributed by atoms with Crippen molar-refractivity contribution in [2.24, 2.45) is 10.9 Å². The van der Waals surface area contributed by atoms with Gasteiger partial charge in [0.2, 0.25) is 15.9 Å². The summed E-state index contributed by atoms with van der Waals surface area (Å²) in [7, 11) is -4.04. The molecule has 11 nitrogen and oxygen atoms in total. The maximum Gasteiger partial charge on any atom is 0.410 e. The fraction of sp³-hybridized carbons (Fsp3) is 0.276. The summed E-state index contributed by atoms with van der Waals surface area (Å²) in [6, 6.07) is 21.2. The summed E-state index contributed by atoms with van der Waals surface area (Å²) < 4.78 is 34.5. The summed E-state index contributed by atoms with van der Waals surface area (Å²) in [5.74, 6) is -0.530. The van der Waals surface area contributed by atoms with E-state index in [4.69, 9.17) is 15.7 Å². The fourth-order valence-corrected chi connectivity index (χ4v) is 5.63. The number of aryl methyl sites for hydroxylation is 1. The van der Waals surface area contributed by atoms with E-state index in [2.05, 4.69) is 9.88 Å². The molecule has 1 aliphatic rings. The van der Waals surface area contributed by atoms with E-state index in [0.717, 1.165) is 11.1 Å². The molecule has 0 spiro atoms. The number of amidine groups is 1. The highest BCUT2D eigenvalue weighted by Crippen LogP contribution is 2.16. The minimum Gasteiger partial charge on any atom is -0.445 e. The van der Waals surface area contributed by atoms with Gasteiger partial charge in [-0.05, 0) is 42.7 Å².